The Morgan fingerprint density at radius 1 is 1.32 bits per heavy atom. The standard InChI is InChI=1S/C16H22N2O4/c1-5-21-14(19)9-7-12-6-8-13(17-10-12)11-18-15(20)22-16(2,3)4/h6-10H,5,11H2,1-4H3,(H,18,20). The molecule has 1 aromatic rings. The number of nitrogens with one attached hydrogen (secondary N) is 1. The molecular weight excluding hydrogens is 284 g/mol. The molecule has 1 aromatic heterocycles. The van der Waals surface area contributed by atoms with E-state index in [2.05, 4.69) is 10.3 Å². The number of ether oxygens (including phenoxy) is 2. The van der Waals surface area contributed by atoms with Crippen molar-refractivity contribution >= 4 is 18.1 Å². The molecule has 0 saturated heterocycles. The van der Waals surface area contributed by atoms with Gasteiger partial charge in [0.15, 0.2) is 0 Å². The Hall–Kier alpha value is -2.37. The predicted octanol–water partition coefficient (Wildman–Crippen LogP) is 2.68. The number of esters is 1. The first-order valence-corrected chi connectivity index (χ1v) is 7.07. The highest BCUT2D eigenvalue weighted by Crippen LogP contribution is 2.07. The van der Waals surface area contributed by atoms with E-state index in [0.717, 1.165) is 5.56 Å². The average molecular weight is 306 g/mol. The zero-order valence-electron chi connectivity index (χ0n) is 13.4. The fourth-order valence-corrected chi connectivity index (χ4v) is 1.47. The van der Waals surface area contributed by atoms with E-state index in [9.17, 15) is 9.59 Å². The summed E-state index contributed by atoms with van der Waals surface area (Å²) in [7, 11) is 0. The topological polar surface area (TPSA) is 77.5 Å². The number of pyridine rings is 1. The normalized spacial score (nSPS) is 11.3. The predicted molar refractivity (Wildman–Crippen MR) is 83.0 cm³/mol. The number of aromatic nitrogens is 1. The first-order valence-electron chi connectivity index (χ1n) is 7.07. The van der Waals surface area contributed by atoms with Gasteiger partial charge in [-0.2, -0.15) is 0 Å². The third kappa shape index (κ3) is 7.42. The van der Waals surface area contributed by atoms with E-state index in [1.165, 1.54) is 6.08 Å². The summed E-state index contributed by atoms with van der Waals surface area (Å²) in [5.41, 5.74) is 0.937. The van der Waals surface area contributed by atoms with E-state index in [0.29, 0.717) is 12.3 Å². The van der Waals surface area contributed by atoms with Crippen LogP contribution < -0.4 is 5.32 Å². The van der Waals surface area contributed by atoms with E-state index in [4.69, 9.17) is 9.47 Å². The number of hydrogen-bond donors (Lipinski definition) is 1. The summed E-state index contributed by atoms with van der Waals surface area (Å²) in [4.78, 5) is 26.9. The molecule has 1 heterocycles. The number of nitrogens with zero attached hydrogens (tertiary/aromatic N) is 1. The molecule has 1 N–H and O–H groups in total. The van der Waals surface area contributed by atoms with Crippen LogP contribution in [-0.4, -0.2) is 29.3 Å². The zero-order chi connectivity index (χ0) is 16.6. The van der Waals surface area contributed by atoms with Gasteiger partial charge in [-0.1, -0.05) is 6.07 Å². The van der Waals surface area contributed by atoms with Crippen LogP contribution in [0.15, 0.2) is 24.4 Å². The number of hydrogen-bond acceptors (Lipinski definition) is 5. The Bertz CT molecular complexity index is 530. The summed E-state index contributed by atoms with van der Waals surface area (Å²) in [6.07, 6.45) is 4.09. The molecule has 22 heavy (non-hydrogen) atoms. The summed E-state index contributed by atoms with van der Waals surface area (Å²) in [6.45, 7) is 7.77. The quantitative estimate of drug-likeness (QED) is 0.668. The van der Waals surface area contributed by atoms with E-state index in [1.54, 1.807) is 52.1 Å². The molecule has 0 bridgehead atoms. The first-order chi connectivity index (χ1) is 10.3. The number of rotatable bonds is 5. The van der Waals surface area contributed by atoms with Crippen LogP contribution in [0.3, 0.4) is 0 Å². The smallest absolute Gasteiger partial charge is 0.407 e. The van der Waals surface area contributed by atoms with Crippen LogP contribution in [0, 0.1) is 0 Å². The van der Waals surface area contributed by atoms with E-state index < -0.39 is 17.7 Å². The molecule has 1 amide bonds. The summed E-state index contributed by atoms with van der Waals surface area (Å²) < 4.78 is 9.92. The lowest BCUT2D eigenvalue weighted by Crippen LogP contribution is -2.32. The Kier molecular flexibility index (Phi) is 6.56. The van der Waals surface area contributed by atoms with Gasteiger partial charge in [0.1, 0.15) is 5.60 Å². The molecule has 6 nitrogen and oxygen atoms in total. The third-order valence-corrected chi connectivity index (χ3v) is 2.36. The van der Waals surface area contributed by atoms with Crippen LogP contribution >= 0.6 is 0 Å². The highest BCUT2D eigenvalue weighted by Gasteiger charge is 2.15. The molecule has 1 rings (SSSR count). The molecular formula is C16H22N2O4. The molecule has 0 aliphatic carbocycles. The minimum Gasteiger partial charge on any atom is -0.463 e. The van der Waals surface area contributed by atoms with Gasteiger partial charge in [0.2, 0.25) is 0 Å². The third-order valence-electron chi connectivity index (χ3n) is 2.36. The van der Waals surface area contributed by atoms with Crippen molar-refractivity contribution in [1.29, 1.82) is 0 Å². The summed E-state index contributed by atoms with van der Waals surface area (Å²) >= 11 is 0. The Balaban J connectivity index is 2.48. The second-order valence-corrected chi connectivity index (χ2v) is 5.52. The minimum absolute atomic E-state index is 0.275. The number of alkyl carbamates (subject to hydrolysis) is 1. The van der Waals surface area contributed by atoms with Crippen molar-refractivity contribution in [3.63, 3.8) is 0 Å². The van der Waals surface area contributed by atoms with Crippen LogP contribution in [0.25, 0.3) is 6.08 Å². The second-order valence-electron chi connectivity index (χ2n) is 5.52. The minimum atomic E-state index is -0.529. The van der Waals surface area contributed by atoms with Crippen molar-refractivity contribution in [3.05, 3.63) is 35.7 Å². The van der Waals surface area contributed by atoms with Gasteiger partial charge in [-0.25, -0.2) is 9.59 Å². The summed E-state index contributed by atoms with van der Waals surface area (Å²) in [6, 6.07) is 3.57. The van der Waals surface area contributed by atoms with Crippen LogP contribution in [0.5, 0.6) is 0 Å². The fraction of sp³-hybridized carbons (Fsp3) is 0.438. The Labute approximate surface area is 130 Å². The van der Waals surface area contributed by atoms with Crippen LogP contribution in [0.4, 0.5) is 4.79 Å². The van der Waals surface area contributed by atoms with Gasteiger partial charge in [-0.3, -0.25) is 4.98 Å². The van der Waals surface area contributed by atoms with Crippen molar-refractivity contribution in [2.45, 2.75) is 39.8 Å². The van der Waals surface area contributed by atoms with Crippen molar-refractivity contribution in [3.8, 4) is 0 Å². The largest absolute Gasteiger partial charge is 0.463 e. The lowest BCUT2D eigenvalue weighted by molar-refractivity contribution is -0.137. The number of carbonyl (C=O) groups is 2. The molecule has 0 aliphatic heterocycles. The van der Waals surface area contributed by atoms with Crippen LogP contribution in [0.2, 0.25) is 0 Å². The van der Waals surface area contributed by atoms with Crippen molar-refractivity contribution in [2.75, 3.05) is 6.61 Å². The Morgan fingerprint density at radius 2 is 2.05 bits per heavy atom. The van der Waals surface area contributed by atoms with Gasteiger partial charge in [-0.15, -0.1) is 0 Å². The summed E-state index contributed by atoms with van der Waals surface area (Å²) in [5, 5.41) is 2.63. The number of amides is 1. The molecule has 0 radical (unpaired) electrons. The van der Waals surface area contributed by atoms with E-state index in [1.807, 2.05) is 0 Å². The SMILES string of the molecule is CCOC(=O)C=Cc1ccc(CNC(=O)OC(C)(C)C)nc1. The maximum Gasteiger partial charge on any atom is 0.407 e. The van der Waals surface area contributed by atoms with Gasteiger partial charge < -0.3 is 14.8 Å². The van der Waals surface area contributed by atoms with Crippen LogP contribution in [-0.2, 0) is 20.8 Å². The van der Waals surface area contributed by atoms with Gasteiger partial charge in [0, 0.05) is 12.3 Å². The second kappa shape index (κ2) is 8.17. The van der Waals surface area contributed by atoms with E-state index in [-0.39, 0.29) is 6.54 Å². The van der Waals surface area contributed by atoms with Gasteiger partial charge in [-0.05, 0) is 45.4 Å². The highest BCUT2D eigenvalue weighted by molar-refractivity contribution is 5.86. The molecule has 0 atom stereocenters. The van der Waals surface area contributed by atoms with Crippen molar-refractivity contribution in [1.82, 2.24) is 10.3 Å². The molecule has 0 fully saturated rings. The molecule has 0 unspecified atom stereocenters. The lowest BCUT2D eigenvalue weighted by atomic mass is 10.2. The van der Waals surface area contributed by atoms with Crippen molar-refractivity contribution < 1.29 is 19.1 Å². The monoisotopic (exact) mass is 306 g/mol. The Morgan fingerprint density at radius 3 is 2.59 bits per heavy atom. The first kappa shape index (κ1) is 17.7. The summed E-state index contributed by atoms with van der Waals surface area (Å²) in [5.74, 6) is -0.391. The molecule has 6 heteroatoms. The zero-order valence-corrected chi connectivity index (χ0v) is 13.4. The molecule has 0 saturated carbocycles. The lowest BCUT2D eigenvalue weighted by Gasteiger charge is -2.19. The van der Waals surface area contributed by atoms with E-state index >= 15 is 0 Å². The molecule has 120 valence electrons. The highest BCUT2D eigenvalue weighted by atomic mass is 16.6. The molecule has 0 aliphatic rings. The number of carbonyl (C=O) groups excluding carboxylic acids is 2. The van der Waals surface area contributed by atoms with Crippen molar-refractivity contribution in [2.24, 2.45) is 0 Å². The molecule has 0 aromatic carbocycles. The molecule has 0 spiro atoms. The fourth-order valence-electron chi connectivity index (χ4n) is 1.47. The maximum atomic E-state index is 11.5. The van der Waals surface area contributed by atoms with Gasteiger partial charge in [0.25, 0.3) is 0 Å². The van der Waals surface area contributed by atoms with Gasteiger partial charge >= 0.3 is 12.1 Å². The maximum absolute atomic E-state index is 11.5. The van der Waals surface area contributed by atoms with Crippen LogP contribution in [0.1, 0.15) is 39.0 Å². The van der Waals surface area contributed by atoms with Gasteiger partial charge in [0.05, 0.1) is 18.8 Å². The average Bonchev–Trinajstić information content (AvgIpc) is 2.42.